The van der Waals surface area contributed by atoms with E-state index in [0.717, 1.165) is 19.3 Å². The predicted octanol–water partition coefficient (Wildman–Crippen LogP) is 1.56. The Bertz CT molecular complexity index is 308. The van der Waals surface area contributed by atoms with Crippen LogP contribution in [-0.4, -0.2) is 11.6 Å². The van der Waals surface area contributed by atoms with Gasteiger partial charge in [0.15, 0.2) is 0 Å². The van der Waals surface area contributed by atoms with Crippen LogP contribution in [0.4, 0.5) is 0 Å². The van der Waals surface area contributed by atoms with Crippen LogP contribution in [0.15, 0.2) is 23.3 Å². The fourth-order valence-electron chi connectivity index (χ4n) is 1.74. The van der Waals surface area contributed by atoms with Crippen molar-refractivity contribution in [2.45, 2.75) is 25.7 Å². The van der Waals surface area contributed by atoms with Gasteiger partial charge in [0.25, 0.3) is 0 Å². The minimum absolute atomic E-state index is 0.222. The molecule has 2 rings (SSSR count). The van der Waals surface area contributed by atoms with Crippen LogP contribution in [0.25, 0.3) is 0 Å². The molecule has 0 atom stereocenters. The van der Waals surface area contributed by atoms with Gasteiger partial charge >= 0.3 is 0 Å². The molecule has 0 heterocycles. The van der Waals surface area contributed by atoms with Crippen LogP contribution in [0.1, 0.15) is 25.7 Å². The third-order valence-electron chi connectivity index (χ3n) is 2.43. The van der Waals surface area contributed by atoms with Gasteiger partial charge in [0.05, 0.1) is 0 Å². The maximum atomic E-state index is 11.3. The number of Topliss-reactive ketones (excluding diaryl/α,β-unsaturated/α-hetero) is 2. The minimum Gasteiger partial charge on any atom is -0.290 e. The summed E-state index contributed by atoms with van der Waals surface area (Å²) in [4.78, 5) is 22.3. The molecular formula is C10H10O2. The summed E-state index contributed by atoms with van der Waals surface area (Å²) in [5.74, 6) is -0.493. The first kappa shape index (κ1) is 7.47. The molecule has 2 heteroatoms. The van der Waals surface area contributed by atoms with Crippen LogP contribution < -0.4 is 0 Å². The summed E-state index contributed by atoms with van der Waals surface area (Å²) in [6.45, 7) is 0. The second kappa shape index (κ2) is 2.70. The Kier molecular flexibility index (Phi) is 1.68. The van der Waals surface area contributed by atoms with Crippen LogP contribution in [0.2, 0.25) is 0 Å². The lowest BCUT2D eigenvalue weighted by molar-refractivity contribution is -0.134. The molecule has 0 bridgehead atoms. The van der Waals surface area contributed by atoms with Gasteiger partial charge in [0, 0.05) is 12.0 Å². The van der Waals surface area contributed by atoms with Crippen LogP contribution in [0.5, 0.6) is 0 Å². The molecule has 0 aromatic carbocycles. The Morgan fingerprint density at radius 1 is 1.08 bits per heavy atom. The zero-order valence-electron chi connectivity index (χ0n) is 6.80. The molecule has 12 heavy (non-hydrogen) atoms. The van der Waals surface area contributed by atoms with Crippen molar-refractivity contribution < 1.29 is 9.59 Å². The topological polar surface area (TPSA) is 34.1 Å². The molecule has 2 aliphatic carbocycles. The molecule has 0 spiro atoms. The van der Waals surface area contributed by atoms with Gasteiger partial charge in [-0.25, -0.2) is 0 Å². The minimum atomic E-state index is -0.271. The normalized spacial score (nSPS) is 23.0. The molecule has 0 radical (unpaired) electrons. The smallest absolute Gasteiger partial charge is 0.228 e. The molecule has 62 valence electrons. The summed E-state index contributed by atoms with van der Waals surface area (Å²) < 4.78 is 0. The van der Waals surface area contributed by atoms with Crippen molar-refractivity contribution in [3.63, 3.8) is 0 Å². The Hall–Kier alpha value is -1.18. The first-order valence-corrected chi connectivity index (χ1v) is 4.25. The molecule has 0 amide bonds. The Morgan fingerprint density at radius 2 is 1.92 bits per heavy atom. The first-order valence-electron chi connectivity index (χ1n) is 4.25. The van der Waals surface area contributed by atoms with E-state index < -0.39 is 0 Å². The Morgan fingerprint density at radius 3 is 2.75 bits per heavy atom. The van der Waals surface area contributed by atoms with E-state index >= 15 is 0 Å². The van der Waals surface area contributed by atoms with Crippen LogP contribution in [0.3, 0.4) is 0 Å². The summed E-state index contributed by atoms with van der Waals surface area (Å²) in [6.07, 6.45) is 6.97. The highest BCUT2D eigenvalue weighted by molar-refractivity contribution is 6.45. The summed E-state index contributed by atoms with van der Waals surface area (Å²) in [7, 11) is 0. The zero-order chi connectivity index (χ0) is 8.55. The SMILES string of the molecule is O=C1CCC2=C(C=CCC2)C1=O. The first-order chi connectivity index (χ1) is 5.79. The standard InChI is InChI=1S/C10H10O2/c11-9-6-5-7-3-1-2-4-8(7)10(9)12/h2,4H,1,3,5-6H2. The molecule has 0 saturated heterocycles. The molecule has 0 aromatic rings. The fourth-order valence-corrected chi connectivity index (χ4v) is 1.74. The van der Waals surface area contributed by atoms with Gasteiger partial charge in [-0.05, 0) is 19.3 Å². The molecular weight excluding hydrogens is 152 g/mol. The van der Waals surface area contributed by atoms with Gasteiger partial charge in [0.2, 0.25) is 11.6 Å². The van der Waals surface area contributed by atoms with Gasteiger partial charge in [-0.15, -0.1) is 0 Å². The lowest BCUT2D eigenvalue weighted by Gasteiger charge is -2.18. The van der Waals surface area contributed by atoms with E-state index in [-0.39, 0.29) is 11.6 Å². The largest absolute Gasteiger partial charge is 0.290 e. The van der Waals surface area contributed by atoms with E-state index in [1.807, 2.05) is 6.08 Å². The van der Waals surface area contributed by atoms with E-state index in [9.17, 15) is 9.59 Å². The highest BCUT2D eigenvalue weighted by Gasteiger charge is 2.26. The highest BCUT2D eigenvalue weighted by Crippen LogP contribution is 2.28. The summed E-state index contributed by atoms with van der Waals surface area (Å²) >= 11 is 0. The quantitative estimate of drug-likeness (QED) is 0.506. The van der Waals surface area contributed by atoms with Crippen LogP contribution in [-0.2, 0) is 9.59 Å². The van der Waals surface area contributed by atoms with E-state index in [2.05, 4.69) is 0 Å². The molecule has 2 aliphatic rings. The molecule has 2 nitrogen and oxygen atoms in total. The number of allylic oxidation sites excluding steroid dienone is 4. The monoisotopic (exact) mass is 162 g/mol. The molecule has 0 unspecified atom stereocenters. The molecule has 0 aliphatic heterocycles. The maximum Gasteiger partial charge on any atom is 0.228 e. The van der Waals surface area contributed by atoms with Crippen molar-refractivity contribution in [2.24, 2.45) is 0 Å². The van der Waals surface area contributed by atoms with Crippen LogP contribution in [0, 0.1) is 0 Å². The van der Waals surface area contributed by atoms with Crippen LogP contribution >= 0.6 is 0 Å². The van der Waals surface area contributed by atoms with Gasteiger partial charge in [-0.3, -0.25) is 9.59 Å². The summed E-state index contributed by atoms with van der Waals surface area (Å²) in [5.41, 5.74) is 1.86. The van der Waals surface area contributed by atoms with Gasteiger partial charge in [-0.2, -0.15) is 0 Å². The molecule has 0 aromatic heterocycles. The average Bonchev–Trinajstić information content (AvgIpc) is 2.12. The second-order valence-electron chi connectivity index (χ2n) is 3.21. The predicted molar refractivity (Wildman–Crippen MR) is 44.6 cm³/mol. The van der Waals surface area contributed by atoms with Crippen molar-refractivity contribution in [3.8, 4) is 0 Å². The van der Waals surface area contributed by atoms with E-state index in [0.29, 0.717) is 12.0 Å². The zero-order valence-corrected chi connectivity index (χ0v) is 6.80. The number of ketones is 2. The Balaban J connectivity index is 2.41. The molecule has 0 saturated carbocycles. The molecule has 0 fully saturated rings. The summed E-state index contributed by atoms with van der Waals surface area (Å²) in [5, 5.41) is 0. The van der Waals surface area contributed by atoms with E-state index in [4.69, 9.17) is 0 Å². The van der Waals surface area contributed by atoms with E-state index in [1.54, 1.807) is 6.08 Å². The average molecular weight is 162 g/mol. The van der Waals surface area contributed by atoms with Crippen molar-refractivity contribution in [1.29, 1.82) is 0 Å². The lowest BCUT2D eigenvalue weighted by atomic mass is 9.84. The van der Waals surface area contributed by atoms with Crippen molar-refractivity contribution in [3.05, 3.63) is 23.3 Å². The maximum absolute atomic E-state index is 11.3. The van der Waals surface area contributed by atoms with E-state index in [1.165, 1.54) is 5.57 Å². The molecule has 0 N–H and O–H groups in total. The third kappa shape index (κ3) is 1.04. The van der Waals surface area contributed by atoms with Gasteiger partial charge < -0.3 is 0 Å². The Labute approximate surface area is 71.0 Å². The number of rotatable bonds is 0. The van der Waals surface area contributed by atoms with Crippen molar-refractivity contribution in [2.75, 3.05) is 0 Å². The van der Waals surface area contributed by atoms with Crippen molar-refractivity contribution >= 4 is 11.6 Å². The van der Waals surface area contributed by atoms with Crippen molar-refractivity contribution in [1.82, 2.24) is 0 Å². The fraction of sp³-hybridized carbons (Fsp3) is 0.400. The number of hydrogen-bond donors (Lipinski definition) is 0. The lowest BCUT2D eigenvalue weighted by Crippen LogP contribution is -2.22. The summed E-state index contributed by atoms with van der Waals surface area (Å²) in [6, 6.07) is 0. The number of carbonyl (C=O) groups excluding carboxylic acids is 2. The number of hydrogen-bond acceptors (Lipinski definition) is 2. The second-order valence-corrected chi connectivity index (χ2v) is 3.21. The van der Waals surface area contributed by atoms with Gasteiger partial charge in [-0.1, -0.05) is 17.7 Å². The van der Waals surface area contributed by atoms with Gasteiger partial charge in [0.1, 0.15) is 0 Å². The highest BCUT2D eigenvalue weighted by atomic mass is 16.2. The number of carbonyl (C=O) groups is 2. The third-order valence-corrected chi connectivity index (χ3v) is 2.43.